The molecular weight excluding hydrogens is 460 g/mol. The highest BCUT2D eigenvalue weighted by Gasteiger charge is 2.30. The third-order valence-electron chi connectivity index (χ3n) is 6.11. The SMILES string of the molecule is CCOCCOc1ccc(NC(=O)C2CCC(C(=O)Nc3ccc(OCCOCC)cc3)CC2)cc1. The lowest BCUT2D eigenvalue weighted by molar-refractivity contribution is -0.125. The molecule has 196 valence electrons. The molecule has 2 aromatic carbocycles. The van der Waals surface area contributed by atoms with E-state index in [0.717, 1.165) is 22.9 Å². The van der Waals surface area contributed by atoms with E-state index in [-0.39, 0.29) is 23.7 Å². The molecule has 8 heteroatoms. The Morgan fingerprint density at radius 1 is 0.639 bits per heavy atom. The summed E-state index contributed by atoms with van der Waals surface area (Å²) in [6.07, 6.45) is 2.76. The zero-order chi connectivity index (χ0) is 25.6. The fourth-order valence-electron chi connectivity index (χ4n) is 4.10. The summed E-state index contributed by atoms with van der Waals surface area (Å²) in [5.41, 5.74) is 1.48. The highest BCUT2D eigenvalue weighted by molar-refractivity contribution is 5.94. The zero-order valence-electron chi connectivity index (χ0n) is 21.3. The minimum absolute atomic E-state index is 0.00111. The van der Waals surface area contributed by atoms with Crippen LogP contribution in [0.1, 0.15) is 39.5 Å². The first-order valence-corrected chi connectivity index (χ1v) is 12.8. The molecule has 0 heterocycles. The summed E-state index contributed by atoms with van der Waals surface area (Å²) >= 11 is 0. The van der Waals surface area contributed by atoms with Gasteiger partial charge in [0.2, 0.25) is 11.8 Å². The Morgan fingerprint density at radius 2 is 1.00 bits per heavy atom. The molecule has 0 spiro atoms. The van der Waals surface area contributed by atoms with Crippen LogP contribution in [0.15, 0.2) is 48.5 Å². The molecule has 3 rings (SSSR count). The van der Waals surface area contributed by atoms with E-state index in [0.29, 0.717) is 65.3 Å². The van der Waals surface area contributed by atoms with Gasteiger partial charge >= 0.3 is 0 Å². The summed E-state index contributed by atoms with van der Waals surface area (Å²) in [5, 5.41) is 5.97. The highest BCUT2D eigenvalue weighted by atomic mass is 16.5. The topological polar surface area (TPSA) is 95.1 Å². The number of carbonyl (C=O) groups is 2. The fraction of sp³-hybridized carbons (Fsp3) is 0.500. The van der Waals surface area contributed by atoms with Crippen LogP contribution in [0.4, 0.5) is 11.4 Å². The van der Waals surface area contributed by atoms with Crippen LogP contribution >= 0.6 is 0 Å². The Morgan fingerprint density at radius 3 is 1.33 bits per heavy atom. The van der Waals surface area contributed by atoms with E-state index in [2.05, 4.69) is 10.6 Å². The van der Waals surface area contributed by atoms with E-state index in [1.807, 2.05) is 62.4 Å². The Labute approximate surface area is 213 Å². The van der Waals surface area contributed by atoms with Crippen molar-refractivity contribution >= 4 is 23.2 Å². The lowest BCUT2D eigenvalue weighted by Gasteiger charge is -2.27. The van der Waals surface area contributed by atoms with Crippen LogP contribution in [-0.2, 0) is 19.1 Å². The van der Waals surface area contributed by atoms with Crippen LogP contribution in [0.3, 0.4) is 0 Å². The van der Waals surface area contributed by atoms with E-state index in [4.69, 9.17) is 18.9 Å². The fourth-order valence-corrected chi connectivity index (χ4v) is 4.10. The van der Waals surface area contributed by atoms with Crippen molar-refractivity contribution in [1.29, 1.82) is 0 Å². The first kappa shape index (κ1) is 27.5. The van der Waals surface area contributed by atoms with Crippen molar-refractivity contribution in [3.8, 4) is 11.5 Å². The summed E-state index contributed by atoms with van der Waals surface area (Å²) in [7, 11) is 0. The van der Waals surface area contributed by atoms with E-state index >= 15 is 0 Å². The van der Waals surface area contributed by atoms with Crippen LogP contribution in [-0.4, -0.2) is 51.5 Å². The minimum atomic E-state index is -0.0933. The van der Waals surface area contributed by atoms with Gasteiger partial charge in [0, 0.05) is 36.4 Å². The second-order valence-electron chi connectivity index (χ2n) is 8.67. The molecule has 0 unspecified atom stereocenters. The molecule has 1 aliphatic rings. The summed E-state index contributed by atoms with van der Waals surface area (Å²) < 4.78 is 21.7. The second-order valence-corrected chi connectivity index (χ2v) is 8.67. The van der Waals surface area contributed by atoms with Crippen molar-refractivity contribution in [2.75, 3.05) is 50.3 Å². The molecule has 0 radical (unpaired) electrons. The molecule has 0 atom stereocenters. The van der Waals surface area contributed by atoms with E-state index in [9.17, 15) is 9.59 Å². The molecular formula is C28H38N2O6. The largest absolute Gasteiger partial charge is 0.491 e. The molecule has 0 saturated heterocycles. The van der Waals surface area contributed by atoms with Crippen LogP contribution in [0.5, 0.6) is 11.5 Å². The number of hydrogen-bond donors (Lipinski definition) is 2. The van der Waals surface area contributed by atoms with Crippen molar-refractivity contribution in [1.82, 2.24) is 0 Å². The molecule has 1 fully saturated rings. The molecule has 36 heavy (non-hydrogen) atoms. The van der Waals surface area contributed by atoms with E-state index in [1.165, 1.54) is 0 Å². The molecule has 2 N–H and O–H groups in total. The molecule has 1 aliphatic carbocycles. The molecule has 1 saturated carbocycles. The van der Waals surface area contributed by atoms with Gasteiger partial charge < -0.3 is 29.6 Å². The first-order valence-electron chi connectivity index (χ1n) is 12.8. The summed E-state index contributed by atoms with van der Waals surface area (Å²) in [5.74, 6) is 1.29. The standard InChI is InChI=1S/C28H38N2O6/c1-3-33-17-19-35-25-13-9-23(10-14-25)29-27(31)21-5-7-22(8-6-21)28(32)30-24-11-15-26(16-12-24)36-20-18-34-4-2/h9-16,21-22H,3-8,17-20H2,1-2H3,(H,29,31)(H,30,32). The molecule has 0 aromatic heterocycles. The van der Waals surface area contributed by atoms with Gasteiger partial charge in [0.25, 0.3) is 0 Å². The number of amides is 2. The van der Waals surface area contributed by atoms with Crippen molar-refractivity contribution in [2.45, 2.75) is 39.5 Å². The number of nitrogens with one attached hydrogen (secondary N) is 2. The zero-order valence-corrected chi connectivity index (χ0v) is 21.3. The van der Waals surface area contributed by atoms with Crippen LogP contribution < -0.4 is 20.1 Å². The normalized spacial score (nSPS) is 17.3. The molecule has 2 aromatic rings. The van der Waals surface area contributed by atoms with Gasteiger partial charge in [-0.15, -0.1) is 0 Å². The number of carbonyl (C=O) groups excluding carboxylic acids is 2. The quantitative estimate of drug-likeness (QED) is 0.360. The Balaban J connectivity index is 1.37. The van der Waals surface area contributed by atoms with Gasteiger partial charge in [-0.25, -0.2) is 0 Å². The highest BCUT2D eigenvalue weighted by Crippen LogP contribution is 2.31. The number of benzene rings is 2. The monoisotopic (exact) mass is 498 g/mol. The number of anilines is 2. The number of hydrogen-bond acceptors (Lipinski definition) is 6. The molecule has 2 amide bonds. The van der Waals surface area contributed by atoms with E-state index < -0.39 is 0 Å². The van der Waals surface area contributed by atoms with Gasteiger partial charge in [-0.2, -0.15) is 0 Å². The second kappa shape index (κ2) is 15.1. The lowest BCUT2D eigenvalue weighted by Crippen LogP contribution is -2.32. The third-order valence-corrected chi connectivity index (χ3v) is 6.11. The smallest absolute Gasteiger partial charge is 0.227 e. The van der Waals surface area contributed by atoms with E-state index in [1.54, 1.807) is 0 Å². The van der Waals surface area contributed by atoms with Crippen molar-refractivity contribution in [3.63, 3.8) is 0 Å². The van der Waals surface area contributed by atoms with Crippen molar-refractivity contribution in [3.05, 3.63) is 48.5 Å². The van der Waals surface area contributed by atoms with Crippen LogP contribution in [0, 0.1) is 11.8 Å². The molecule has 0 aliphatic heterocycles. The van der Waals surface area contributed by atoms with Gasteiger partial charge in [-0.1, -0.05) is 0 Å². The minimum Gasteiger partial charge on any atom is -0.491 e. The third kappa shape index (κ3) is 9.17. The lowest BCUT2D eigenvalue weighted by atomic mass is 9.81. The maximum atomic E-state index is 12.7. The summed E-state index contributed by atoms with van der Waals surface area (Å²) in [6, 6.07) is 14.7. The predicted molar refractivity (Wildman–Crippen MR) is 140 cm³/mol. The van der Waals surface area contributed by atoms with Crippen molar-refractivity contribution < 1.29 is 28.5 Å². The Bertz CT molecular complexity index is 847. The Kier molecular flexibility index (Phi) is 11.5. The molecule has 8 nitrogen and oxygen atoms in total. The molecule has 0 bridgehead atoms. The van der Waals surface area contributed by atoms with Crippen LogP contribution in [0.25, 0.3) is 0 Å². The van der Waals surface area contributed by atoms with Gasteiger partial charge in [0.15, 0.2) is 0 Å². The maximum absolute atomic E-state index is 12.7. The van der Waals surface area contributed by atoms with Gasteiger partial charge in [-0.3, -0.25) is 9.59 Å². The van der Waals surface area contributed by atoms with Crippen LogP contribution in [0.2, 0.25) is 0 Å². The van der Waals surface area contributed by atoms with Crippen molar-refractivity contribution in [2.24, 2.45) is 11.8 Å². The summed E-state index contributed by atoms with van der Waals surface area (Å²) in [4.78, 5) is 25.5. The van der Waals surface area contributed by atoms with Gasteiger partial charge in [0.05, 0.1) is 13.2 Å². The Hall–Kier alpha value is -3.10. The summed E-state index contributed by atoms with van der Waals surface area (Å²) in [6.45, 7) is 7.30. The number of ether oxygens (including phenoxy) is 4. The van der Waals surface area contributed by atoms with Gasteiger partial charge in [-0.05, 0) is 88.1 Å². The first-order chi connectivity index (χ1) is 17.6. The predicted octanol–water partition coefficient (Wildman–Crippen LogP) is 4.90. The average molecular weight is 499 g/mol. The number of rotatable bonds is 14. The average Bonchev–Trinajstić information content (AvgIpc) is 2.91. The van der Waals surface area contributed by atoms with Gasteiger partial charge in [0.1, 0.15) is 24.7 Å². The maximum Gasteiger partial charge on any atom is 0.227 e.